The number of ether oxygens (including phenoxy) is 2. The number of aryl methyl sites for hydroxylation is 1. The molecule has 0 saturated carbocycles. The number of methoxy groups -OCH3 is 1. The largest absolute Gasteiger partial charge is 0.481 e. The number of hydrogen-bond donors (Lipinski definition) is 1. The number of hydrogen-bond acceptors (Lipinski definition) is 4. The van der Waals surface area contributed by atoms with Gasteiger partial charge in [-0.25, -0.2) is 9.82 Å². The summed E-state index contributed by atoms with van der Waals surface area (Å²) < 4.78 is 25.7. The summed E-state index contributed by atoms with van der Waals surface area (Å²) >= 11 is 0. The van der Waals surface area contributed by atoms with Gasteiger partial charge in [0.05, 0.1) is 12.8 Å². The molecule has 2 rings (SSSR count). The van der Waals surface area contributed by atoms with E-state index in [4.69, 9.17) is 9.47 Å². The lowest BCUT2D eigenvalue weighted by Gasteiger charge is -2.08. The van der Waals surface area contributed by atoms with Crippen molar-refractivity contribution in [3.63, 3.8) is 0 Å². The second kappa shape index (κ2) is 8.98. The number of benzene rings is 1. The summed E-state index contributed by atoms with van der Waals surface area (Å²) in [5, 5.41) is 3.93. The number of nitrogens with one attached hydrogen (secondary N) is 1. The molecular weight excluding hydrogens is 325 g/mol. The van der Waals surface area contributed by atoms with Crippen LogP contribution in [0.3, 0.4) is 0 Å². The molecule has 0 aliphatic carbocycles. The lowest BCUT2D eigenvalue weighted by molar-refractivity contribution is -0.123. The van der Waals surface area contributed by atoms with E-state index in [2.05, 4.69) is 15.1 Å². The number of para-hydroxylation sites is 1. The number of carbonyl (C=O) groups excluding carboxylic acids is 1. The Labute approximate surface area is 146 Å². The fourth-order valence-electron chi connectivity index (χ4n) is 2.40. The number of halogens is 1. The highest BCUT2D eigenvalue weighted by atomic mass is 19.1. The Morgan fingerprint density at radius 1 is 1.36 bits per heavy atom. The third kappa shape index (κ3) is 5.15. The molecule has 1 aromatic heterocycles. The van der Waals surface area contributed by atoms with E-state index >= 15 is 0 Å². The van der Waals surface area contributed by atoms with Gasteiger partial charge in [0.1, 0.15) is 0 Å². The monoisotopic (exact) mass is 347 g/mol. The van der Waals surface area contributed by atoms with Crippen LogP contribution in [-0.2, 0) is 16.1 Å². The second-order valence-corrected chi connectivity index (χ2v) is 5.48. The first-order valence-corrected chi connectivity index (χ1v) is 7.88. The van der Waals surface area contributed by atoms with Crippen molar-refractivity contribution in [2.24, 2.45) is 5.10 Å². The van der Waals surface area contributed by atoms with Crippen molar-refractivity contribution in [2.75, 3.05) is 20.3 Å². The molecule has 1 aromatic carbocycles. The highest BCUT2D eigenvalue weighted by molar-refractivity contribution is 5.84. The maximum Gasteiger partial charge on any atom is 0.277 e. The molecule has 25 heavy (non-hydrogen) atoms. The molecule has 0 spiro atoms. The zero-order valence-corrected chi connectivity index (χ0v) is 14.6. The number of aromatic nitrogens is 1. The maximum atomic E-state index is 13.4. The molecule has 7 heteroatoms. The minimum absolute atomic E-state index is 0.0309. The maximum absolute atomic E-state index is 13.4. The Balaban J connectivity index is 1.88. The molecule has 2 aromatic rings. The number of nitrogens with zero attached hydrogens (tertiary/aromatic N) is 2. The normalized spacial score (nSPS) is 11.0. The zero-order valence-electron chi connectivity index (χ0n) is 14.6. The van der Waals surface area contributed by atoms with Crippen molar-refractivity contribution in [1.29, 1.82) is 0 Å². The van der Waals surface area contributed by atoms with Crippen molar-refractivity contribution in [3.8, 4) is 5.75 Å². The molecule has 0 bridgehead atoms. The Morgan fingerprint density at radius 3 is 2.84 bits per heavy atom. The lowest BCUT2D eigenvalue weighted by atomic mass is 10.3. The first-order valence-electron chi connectivity index (χ1n) is 7.88. The number of carbonyl (C=O) groups is 1. The SMILES string of the molecule is COCCn1c(C)cc(/C=N/NC(=O)COc2ccccc2F)c1C. The quantitative estimate of drug-likeness (QED) is 0.589. The van der Waals surface area contributed by atoms with Gasteiger partial charge in [0, 0.05) is 30.6 Å². The van der Waals surface area contributed by atoms with Gasteiger partial charge in [-0.3, -0.25) is 4.79 Å². The minimum Gasteiger partial charge on any atom is -0.481 e. The summed E-state index contributed by atoms with van der Waals surface area (Å²) in [4.78, 5) is 11.7. The topological polar surface area (TPSA) is 64.8 Å². The molecule has 0 atom stereocenters. The predicted octanol–water partition coefficient (Wildman–Crippen LogP) is 2.42. The van der Waals surface area contributed by atoms with Crippen LogP contribution in [0.15, 0.2) is 35.4 Å². The smallest absolute Gasteiger partial charge is 0.277 e. The highest BCUT2D eigenvalue weighted by Crippen LogP contribution is 2.15. The van der Waals surface area contributed by atoms with Crippen LogP contribution in [0.1, 0.15) is 17.0 Å². The van der Waals surface area contributed by atoms with Crippen molar-refractivity contribution >= 4 is 12.1 Å². The Bertz CT molecular complexity index is 756. The van der Waals surface area contributed by atoms with E-state index in [0.717, 1.165) is 23.5 Å². The molecule has 6 nitrogen and oxygen atoms in total. The predicted molar refractivity (Wildman–Crippen MR) is 93.4 cm³/mol. The number of amides is 1. The summed E-state index contributed by atoms with van der Waals surface area (Å²) in [6.45, 7) is 5.04. The van der Waals surface area contributed by atoms with Crippen LogP contribution in [0.25, 0.3) is 0 Å². The highest BCUT2D eigenvalue weighted by Gasteiger charge is 2.08. The minimum atomic E-state index is -0.512. The lowest BCUT2D eigenvalue weighted by Crippen LogP contribution is -2.24. The molecule has 1 heterocycles. The standard InChI is InChI=1S/C18H22FN3O3/c1-13-10-15(14(2)22(13)8-9-24-3)11-20-21-18(23)12-25-17-7-5-4-6-16(17)19/h4-7,10-11H,8-9,12H2,1-3H3,(H,21,23)/b20-11+. The molecular formula is C18H22FN3O3. The van der Waals surface area contributed by atoms with Gasteiger partial charge in [-0.05, 0) is 32.0 Å². The fraction of sp³-hybridized carbons (Fsp3) is 0.333. The molecule has 0 aliphatic heterocycles. The van der Waals surface area contributed by atoms with E-state index in [-0.39, 0.29) is 12.4 Å². The Morgan fingerprint density at radius 2 is 2.12 bits per heavy atom. The summed E-state index contributed by atoms with van der Waals surface area (Å²) in [5.41, 5.74) is 5.40. The number of rotatable bonds is 8. The average Bonchev–Trinajstić information content (AvgIpc) is 2.86. The number of hydrazone groups is 1. The van der Waals surface area contributed by atoms with Crippen LogP contribution in [0.5, 0.6) is 5.75 Å². The van der Waals surface area contributed by atoms with Crippen molar-refractivity contribution < 1.29 is 18.7 Å². The van der Waals surface area contributed by atoms with E-state index in [1.54, 1.807) is 25.5 Å². The molecule has 1 N–H and O–H groups in total. The Hall–Kier alpha value is -2.67. The molecule has 0 fully saturated rings. The van der Waals surface area contributed by atoms with Gasteiger partial charge in [0.2, 0.25) is 0 Å². The van der Waals surface area contributed by atoms with Crippen LogP contribution < -0.4 is 10.2 Å². The van der Waals surface area contributed by atoms with Gasteiger partial charge >= 0.3 is 0 Å². The average molecular weight is 347 g/mol. The van der Waals surface area contributed by atoms with Crippen LogP contribution >= 0.6 is 0 Å². The van der Waals surface area contributed by atoms with Crippen LogP contribution in [-0.4, -0.2) is 37.0 Å². The first-order chi connectivity index (χ1) is 12.0. The van der Waals surface area contributed by atoms with Gasteiger partial charge < -0.3 is 14.0 Å². The zero-order chi connectivity index (χ0) is 18.2. The summed E-state index contributed by atoms with van der Waals surface area (Å²) in [5.74, 6) is -0.946. The van der Waals surface area contributed by atoms with E-state index in [9.17, 15) is 9.18 Å². The third-order valence-corrected chi connectivity index (χ3v) is 3.72. The Kier molecular flexibility index (Phi) is 6.71. The van der Waals surface area contributed by atoms with Crippen LogP contribution in [0, 0.1) is 19.7 Å². The van der Waals surface area contributed by atoms with Crippen LogP contribution in [0.2, 0.25) is 0 Å². The van der Waals surface area contributed by atoms with E-state index in [1.807, 2.05) is 19.9 Å². The molecule has 1 amide bonds. The summed E-state index contributed by atoms with van der Waals surface area (Å²) in [7, 11) is 1.66. The summed E-state index contributed by atoms with van der Waals surface area (Å²) in [6, 6.07) is 7.89. The third-order valence-electron chi connectivity index (χ3n) is 3.72. The summed E-state index contributed by atoms with van der Waals surface area (Å²) in [6.07, 6.45) is 1.58. The first kappa shape index (κ1) is 18.7. The molecule has 0 unspecified atom stereocenters. The molecule has 0 radical (unpaired) electrons. The van der Waals surface area contributed by atoms with Gasteiger partial charge in [-0.15, -0.1) is 0 Å². The van der Waals surface area contributed by atoms with Crippen molar-refractivity contribution in [3.05, 3.63) is 53.1 Å². The molecule has 0 saturated heterocycles. The van der Waals surface area contributed by atoms with E-state index < -0.39 is 11.7 Å². The van der Waals surface area contributed by atoms with Gasteiger partial charge in [0.15, 0.2) is 18.2 Å². The molecule has 0 aliphatic rings. The second-order valence-electron chi connectivity index (χ2n) is 5.48. The van der Waals surface area contributed by atoms with Crippen molar-refractivity contribution in [1.82, 2.24) is 9.99 Å². The van der Waals surface area contributed by atoms with E-state index in [1.165, 1.54) is 12.1 Å². The van der Waals surface area contributed by atoms with E-state index in [0.29, 0.717) is 6.61 Å². The van der Waals surface area contributed by atoms with Crippen molar-refractivity contribution in [2.45, 2.75) is 20.4 Å². The fourth-order valence-corrected chi connectivity index (χ4v) is 2.40. The van der Waals surface area contributed by atoms with Gasteiger partial charge in [-0.2, -0.15) is 5.10 Å². The molecule has 134 valence electrons. The van der Waals surface area contributed by atoms with Gasteiger partial charge in [-0.1, -0.05) is 12.1 Å². The van der Waals surface area contributed by atoms with Gasteiger partial charge in [0.25, 0.3) is 5.91 Å². The van der Waals surface area contributed by atoms with Crippen LogP contribution in [0.4, 0.5) is 4.39 Å².